The molecule has 1 aliphatic rings. The van der Waals surface area contributed by atoms with Gasteiger partial charge in [0.05, 0.1) is 18.6 Å². The minimum atomic E-state index is -4.05. The number of hydrogen-bond acceptors (Lipinski definition) is 10. The van der Waals surface area contributed by atoms with Crippen LogP contribution in [0.4, 0.5) is 5.95 Å². The normalized spacial score (nSPS) is 19.4. The average Bonchev–Trinajstić information content (AvgIpc) is 3.41. The number of carbonyl (C=O) groups is 1. The van der Waals surface area contributed by atoms with E-state index >= 15 is 0 Å². The number of nitrogens with one attached hydrogen (secondary N) is 1. The van der Waals surface area contributed by atoms with Crippen molar-refractivity contribution in [3.8, 4) is 5.75 Å². The third-order valence-corrected chi connectivity index (χ3v) is 10.0. The molecule has 0 aliphatic carbocycles. The first kappa shape index (κ1) is 30.0. The van der Waals surface area contributed by atoms with Crippen molar-refractivity contribution in [3.05, 3.63) is 59.3 Å². The van der Waals surface area contributed by atoms with Gasteiger partial charge in [-0.15, -0.1) is 11.8 Å². The lowest BCUT2D eigenvalue weighted by atomic mass is 10.1. The molecule has 3 N–H and O–H groups in total. The number of nitrogens with two attached hydrogens (primary N) is 1. The topological polar surface area (TPSA) is 148 Å². The van der Waals surface area contributed by atoms with Crippen LogP contribution in [0.15, 0.2) is 53.6 Å². The molecule has 11 nitrogen and oxygen atoms in total. The molecule has 4 atom stereocenters. The van der Waals surface area contributed by atoms with Gasteiger partial charge in [-0.2, -0.15) is 10.1 Å². The van der Waals surface area contributed by atoms with Crippen LogP contribution in [0.5, 0.6) is 5.75 Å². The Morgan fingerprint density at radius 1 is 1.20 bits per heavy atom. The number of nitrogens with zero attached hydrogens (tertiary/aromatic N) is 3. The minimum absolute atomic E-state index is 0.0658. The standard InChI is InChI=1S/C27H36N5O6PS/c1-4-19(5-2)15-36-25(33)18(3)31-39(35,38-23-12-8-10-20-9-6-7-11-22(20)23)37-16-21-13-14-24(40-21)32-17-29-26(28)30-27(32)34/h6-12,17-19,21,24H,4-5,13-16H2,1-3H3,(H,31,35)(H2,28,30,34)/t18-,21-,24+,39?/m0/s1. The van der Waals surface area contributed by atoms with E-state index in [9.17, 15) is 14.2 Å². The Labute approximate surface area is 237 Å². The second-order valence-electron chi connectivity index (χ2n) is 9.72. The molecule has 0 amide bonds. The molecule has 216 valence electrons. The van der Waals surface area contributed by atoms with Crippen molar-refractivity contribution < 1.29 is 23.1 Å². The highest BCUT2D eigenvalue weighted by molar-refractivity contribution is 8.00. The molecule has 1 aromatic heterocycles. The summed E-state index contributed by atoms with van der Waals surface area (Å²) in [5.74, 6) is 0.0241. The lowest BCUT2D eigenvalue weighted by molar-refractivity contribution is -0.146. The fraction of sp³-hybridized carbons (Fsp3) is 0.481. The van der Waals surface area contributed by atoms with E-state index in [0.29, 0.717) is 25.2 Å². The van der Waals surface area contributed by atoms with Gasteiger partial charge in [0.15, 0.2) is 0 Å². The van der Waals surface area contributed by atoms with Crippen LogP contribution >= 0.6 is 19.5 Å². The lowest BCUT2D eigenvalue weighted by Crippen LogP contribution is -2.36. The number of esters is 1. The maximum absolute atomic E-state index is 14.1. The van der Waals surface area contributed by atoms with E-state index in [0.717, 1.165) is 23.6 Å². The van der Waals surface area contributed by atoms with Gasteiger partial charge < -0.3 is 15.0 Å². The van der Waals surface area contributed by atoms with Crippen LogP contribution in [-0.2, 0) is 18.6 Å². The van der Waals surface area contributed by atoms with Crippen LogP contribution in [0.25, 0.3) is 10.8 Å². The summed E-state index contributed by atoms with van der Waals surface area (Å²) in [4.78, 5) is 32.6. The summed E-state index contributed by atoms with van der Waals surface area (Å²) in [6.07, 6.45) is 4.55. The minimum Gasteiger partial charge on any atom is -0.464 e. The van der Waals surface area contributed by atoms with Crippen LogP contribution in [0, 0.1) is 5.92 Å². The summed E-state index contributed by atoms with van der Waals surface area (Å²) in [5.41, 5.74) is 5.04. The quantitative estimate of drug-likeness (QED) is 0.207. The predicted octanol–water partition coefficient (Wildman–Crippen LogP) is 4.93. The van der Waals surface area contributed by atoms with E-state index in [-0.39, 0.29) is 29.1 Å². The third-order valence-electron chi connectivity index (χ3n) is 6.86. The number of ether oxygens (including phenoxy) is 1. The molecule has 2 heterocycles. The van der Waals surface area contributed by atoms with Gasteiger partial charge in [0.1, 0.15) is 18.1 Å². The maximum Gasteiger partial charge on any atom is 0.459 e. The van der Waals surface area contributed by atoms with E-state index in [2.05, 4.69) is 15.1 Å². The molecule has 0 saturated carbocycles. The number of rotatable bonds is 13. The molecule has 0 bridgehead atoms. The average molecular weight is 590 g/mol. The maximum atomic E-state index is 14.1. The Bertz CT molecular complexity index is 1410. The highest BCUT2D eigenvalue weighted by Crippen LogP contribution is 2.49. The van der Waals surface area contributed by atoms with E-state index < -0.39 is 25.4 Å². The monoisotopic (exact) mass is 589 g/mol. The lowest BCUT2D eigenvalue weighted by Gasteiger charge is -2.25. The van der Waals surface area contributed by atoms with Gasteiger partial charge in [-0.05, 0) is 37.1 Å². The van der Waals surface area contributed by atoms with Gasteiger partial charge in [-0.1, -0.05) is 63.1 Å². The van der Waals surface area contributed by atoms with E-state index in [1.165, 1.54) is 22.7 Å². The zero-order chi connectivity index (χ0) is 28.7. The van der Waals surface area contributed by atoms with E-state index in [4.69, 9.17) is 19.5 Å². The molecule has 1 saturated heterocycles. The van der Waals surface area contributed by atoms with Crippen molar-refractivity contribution in [2.24, 2.45) is 5.92 Å². The van der Waals surface area contributed by atoms with Crippen LogP contribution in [0.3, 0.4) is 0 Å². The first-order chi connectivity index (χ1) is 19.2. The third kappa shape index (κ3) is 7.63. The molecule has 4 rings (SSSR count). The second kappa shape index (κ2) is 13.6. The number of anilines is 1. The van der Waals surface area contributed by atoms with Crippen molar-refractivity contribution in [3.63, 3.8) is 0 Å². The summed E-state index contributed by atoms with van der Waals surface area (Å²) in [6, 6.07) is 12.1. The van der Waals surface area contributed by atoms with E-state index in [1.54, 1.807) is 19.1 Å². The molecule has 1 fully saturated rings. The van der Waals surface area contributed by atoms with Gasteiger partial charge in [0.2, 0.25) is 5.95 Å². The molecular weight excluding hydrogens is 553 g/mol. The predicted molar refractivity (Wildman–Crippen MR) is 156 cm³/mol. The fourth-order valence-electron chi connectivity index (χ4n) is 4.38. The number of thioether (sulfide) groups is 1. The van der Waals surface area contributed by atoms with Crippen molar-refractivity contribution in [2.75, 3.05) is 18.9 Å². The number of nitrogen functional groups attached to an aromatic ring is 1. The van der Waals surface area contributed by atoms with Gasteiger partial charge in [-0.3, -0.25) is 13.9 Å². The van der Waals surface area contributed by atoms with E-state index in [1.807, 2.05) is 44.2 Å². The van der Waals surface area contributed by atoms with Gasteiger partial charge >= 0.3 is 19.4 Å². The molecule has 0 spiro atoms. The molecule has 3 aromatic rings. The zero-order valence-electron chi connectivity index (χ0n) is 22.9. The highest BCUT2D eigenvalue weighted by Gasteiger charge is 2.36. The Kier molecular flexibility index (Phi) is 10.2. The molecule has 13 heteroatoms. The second-order valence-corrected chi connectivity index (χ2v) is 12.9. The highest BCUT2D eigenvalue weighted by atomic mass is 32.2. The summed E-state index contributed by atoms with van der Waals surface area (Å²) in [5, 5.41) is 4.17. The number of hydrogen-bond donors (Lipinski definition) is 2. The van der Waals surface area contributed by atoms with Crippen LogP contribution in [-0.4, -0.2) is 45.0 Å². The molecular formula is C27H36N5O6PS. The summed E-state index contributed by atoms with van der Waals surface area (Å²) < 4.78 is 33.0. The molecule has 2 aromatic carbocycles. The van der Waals surface area contributed by atoms with Gasteiger partial charge in [-0.25, -0.2) is 14.3 Å². The molecule has 0 radical (unpaired) electrons. The van der Waals surface area contributed by atoms with Crippen LogP contribution in [0.2, 0.25) is 0 Å². The Morgan fingerprint density at radius 3 is 2.70 bits per heavy atom. The summed E-state index contributed by atoms with van der Waals surface area (Å²) >= 11 is 1.50. The Hall–Kier alpha value is -2.92. The van der Waals surface area contributed by atoms with Crippen molar-refractivity contribution in [2.45, 2.75) is 63.1 Å². The molecule has 1 unspecified atom stereocenters. The summed E-state index contributed by atoms with van der Waals surface area (Å²) in [7, 11) is -4.05. The number of fused-ring (bicyclic) bond motifs is 1. The molecule has 1 aliphatic heterocycles. The zero-order valence-corrected chi connectivity index (χ0v) is 24.6. The first-order valence-electron chi connectivity index (χ1n) is 13.4. The number of carbonyl (C=O) groups excluding carboxylic acids is 1. The first-order valence-corrected chi connectivity index (χ1v) is 15.9. The van der Waals surface area contributed by atoms with Crippen molar-refractivity contribution >= 4 is 42.2 Å². The Balaban J connectivity index is 1.48. The smallest absolute Gasteiger partial charge is 0.459 e. The van der Waals surface area contributed by atoms with Crippen LogP contribution in [0.1, 0.15) is 51.8 Å². The van der Waals surface area contributed by atoms with Gasteiger partial charge in [0, 0.05) is 10.6 Å². The van der Waals surface area contributed by atoms with Crippen LogP contribution < -0.4 is 21.0 Å². The Morgan fingerprint density at radius 2 is 1.95 bits per heavy atom. The number of benzene rings is 2. The molecule has 40 heavy (non-hydrogen) atoms. The largest absolute Gasteiger partial charge is 0.464 e. The summed E-state index contributed by atoms with van der Waals surface area (Å²) in [6.45, 7) is 6.03. The van der Waals surface area contributed by atoms with Crippen molar-refractivity contribution in [1.29, 1.82) is 0 Å². The van der Waals surface area contributed by atoms with Gasteiger partial charge in [0.25, 0.3) is 0 Å². The SMILES string of the molecule is CCC(CC)COC(=O)[C@H](C)NP(=O)(OC[C@@H]1CC[C@H](n2cnc(N)nc2=O)S1)Oc1cccc2ccccc12. The fourth-order valence-corrected chi connectivity index (χ4v) is 7.45. The number of aromatic nitrogens is 3. The van der Waals surface area contributed by atoms with Crippen molar-refractivity contribution in [1.82, 2.24) is 19.6 Å².